The standard InChI is InChI=1S/C30H44O3S2/c1-28(2)19-11-23(28)21-15-32-17-33-16-22-24-12-20(29(24,3)4)14-26(22)35-27(34-25(21)13-19)30(5,31)18-9-7-6-8-10-18/h6-10,19-27,31H,11-17H2,1-5H3/t19-,20-,21+,22+,23+,24+,25+,26+,30-/m1/s1. The van der Waals surface area contributed by atoms with Crippen LogP contribution in [0.5, 0.6) is 0 Å². The first-order valence-electron chi connectivity index (χ1n) is 13.8. The lowest BCUT2D eigenvalue weighted by Crippen LogP contribution is -2.59. The Labute approximate surface area is 220 Å². The summed E-state index contributed by atoms with van der Waals surface area (Å²) >= 11 is 4.18. The smallest absolute Gasteiger partial charge is 0.146 e. The molecular weight excluding hydrogens is 472 g/mol. The first kappa shape index (κ1) is 25.1. The molecule has 0 unspecified atom stereocenters. The second-order valence-corrected chi connectivity index (χ2v) is 16.6. The van der Waals surface area contributed by atoms with Crippen molar-refractivity contribution in [2.24, 2.45) is 46.3 Å². The van der Waals surface area contributed by atoms with Crippen molar-refractivity contribution < 1.29 is 14.6 Å². The van der Waals surface area contributed by atoms with Crippen molar-refractivity contribution in [3.8, 4) is 0 Å². The molecule has 7 aliphatic rings. The van der Waals surface area contributed by atoms with Gasteiger partial charge in [0, 0.05) is 10.5 Å². The molecule has 8 rings (SSSR count). The van der Waals surface area contributed by atoms with E-state index >= 15 is 0 Å². The Morgan fingerprint density at radius 3 is 1.74 bits per heavy atom. The molecule has 1 N–H and O–H groups in total. The van der Waals surface area contributed by atoms with Gasteiger partial charge in [-0.25, -0.2) is 0 Å². The van der Waals surface area contributed by atoms with Gasteiger partial charge in [-0.15, -0.1) is 23.5 Å². The molecule has 4 bridgehead atoms. The molecule has 5 heteroatoms. The fourth-order valence-electron chi connectivity index (χ4n) is 8.51. The van der Waals surface area contributed by atoms with Crippen LogP contribution in [0.4, 0.5) is 0 Å². The summed E-state index contributed by atoms with van der Waals surface area (Å²) in [5.74, 6) is 4.09. The predicted octanol–water partition coefficient (Wildman–Crippen LogP) is 6.79. The Bertz CT molecular complexity index is 867. The van der Waals surface area contributed by atoms with Crippen molar-refractivity contribution in [3.05, 3.63) is 35.9 Å². The van der Waals surface area contributed by atoms with Crippen molar-refractivity contribution in [2.45, 2.75) is 81.0 Å². The maximum absolute atomic E-state index is 12.2. The minimum absolute atomic E-state index is 0.102. The zero-order valence-electron chi connectivity index (χ0n) is 22.1. The van der Waals surface area contributed by atoms with Gasteiger partial charge in [0.2, 0.25) is 0 Å². The molecule has 1 aromatic carbocycles. The quantitative estimate of drug-likeness (QED) is 0.468. The highest BCUT2D eigenvalue weighted by molar-refractivity contribution is 8.17. The summed E-state index contributed by atoms with van der Waals surface area (Å²) in [4.78, 5) is 0. The molecular formula is C30H44O3S2. The maximum Gasteiger partial charge on any atom is 0.146 e. The van der Waals surface area contributed by atoms with Crippen LogP contribution >= 0.6 is 23.5 Å². The molecule has 1 heterocycles. The van der Waals surface area contributed by atoms with E-state index in [0.29, 0.717) is 51.8 Å². The highest BCUT2D eigenvalue weighted by Gasteiger charge is 2.60. The topological polar surface area (TPSA) is 38.7 Å². The minimum atomic E-state index is -0.883. The lowest BCUT2D eigenvalue weighted by molar-refractivity contribution is -0.158. The number of hydrogen-bond donors (Lipinski definition) is 1. The lowest BCUT2D eigenvalue weighted by atomic mass is 9.45. The fraction of sp³-hybridized carbons (Fsp3) is 0.800. The summed E-state index contributed by atoms with van der Waals surface area (Å²) in [6.45, 7) is 13.9. The van der Waals surface area contributed by atoms with Gasteiger partial charge in [-0.3, -0.25) is 0 Å². The second-order valence-electron chi connectivity index (χ2n) is 13.6. The molecule has 1 aliphatic heterocycles. The second kappa shape index (κ2) is 8.93. The number of benzene rings is 1. The first-order chi connectivity index (χ1) is 16.6. The Hall–Kier alpha value is -0.200. The van der Waals surface area contributed by atoms with Crippen molar-refractivity contribution in [1.82, 2.24) is 0 Å². The van der Waals surface area contributed by atoms with Crippen LogP contribution < -0.4 is 0 Å². The predicted molar refractivity (Wildman–Crippen MR) is 146 cm³/mol. The largest absolute Gasteiger partial charge is 0.383 e. The molecule has 6 aliphatic carbocycles. The van der Waals surface area contributed by atoms with Crippen LogP contribution in [0.2, 0.25) is 0 Å². The van der Waals surface area contributed by atoms with E-state index in [1.165, 1.54) is 25.7 Å². The van der Waals surface area contributed by atoms with Gasteiger partial charge in [-0.2, -0.15) is 0 Å². The van der Waals surface area contributed by atoms with Crippen LogP contribution in [0.15, 0.2) is 30.3 Å². The molecule has 6 saturated carbocycles. The molecule has 0 amide bonds. The third-order valence-corrected chi connectivity index (χ3v) is 15.2. The van der Waals surface area contributed by atoms with Crippen molar-refractivity contribution in [1.29, 1.82) is 0 Å². The average molecular weight is 517 g/mol. The molecule has 1 aromatic rings. The number of rotatable bonds is 2. The molecule has 35 heavy (non-hydrogen) atoms. The molecule has 194 valence electrons. The summed E-state index contributed by atoms with van der Waals surface area (Å²) in [5, 5.41) is 13.2. The number of thioether (sulfide) groups is 2. The highest BCUT2D eigenvalue weighted by Crippen LogP contribution is 2.67. The zero-order valence-corrected chi connectivity index (χ0v) is 23.7. The Balaban J connectivity index is 1.32. The molecule has 9 atom stereocenters. The van der Waals surface area contributed by atoms with Gasteiger partial charge in [0.15, 0.2) is 0 Å². The highest BCUT2D eigenvalue weighted by atomic mass is 32.2. The van der Waals surface area contributed by atoms with Crippen LogP contribution in [0.25, 0.3) is 0 Å². The van der Waals surface area contributed by atoms with Crippen LogP contribution in [0.3, 0.4) is 0 Å². The van der Waals surface area contributed by atoms with Crippen LogP contribution in [-0.4, -0.2) is 40.2 Å². The monoisotopic (exact) mass is 516 g/mol. The number of hydrogen-bond acceptors (Lipinski definition) is 5. The van der Waals surface area contributed by atoms with E-state index < -0.39 is 5.60 Å². The van der Waals surface area contributed by atoms with Gasteiger partial charge >= 0.3 is 0 Å². The average Bonchev–Trinajstić information content (AvgIpc) is 2.83. The summed E-state index contributed by atoms with van der Waals surface area (Å²) in [7, 11) is 0. The molecule has 7 fully saturated rings. The summed E-state index contributed by atoms with van der Waals surface area (Å²) in [6, 6.07) is 10.4. The van der Waals surface area contributed by atoms with Crippen LogP contribution in [-0.2, 0) is 15.1 Å². The van der Waals surface area contributed by atoms with Crippen molar-refractivity contribution >= 4 is 23.5 Å². The van der Waals surface area contributed by atoms with Crippen molar-refractivity contribution in [3.63, 3.8) is 0 Å². The first-order valence-corrected chi connectivity index (χ1v) is 15.7. The van der Waals surface area contributed by atoms with E-state index in [4.69, 9.17) is 9.47 Å². The Morgan fingerprint density at radius 2 is 1.29 bits per heavy atom. The summed E-state index contributed by atoms with van der Waals surface area (Å²) in [6.07, 6.45) is 5.18. The van der Waals surface area contributed by atoms with Gasteiger partial charge < -0.3 is 14.6 Å². The fourth-order valence-corrected chi connectivity index (χ4v) is 12.7. The third kappa shape index (κ3) is 4.06. The Morgan fingerprint density at radius 1 is 0.800 bits per heavy atom. The van der Waals surface area contributed by atoms with Crippen molar-refractivity contribution in [2.75, 3.05) is 20.0 Å². The van der Waals surface area contributed by atoms with Gasteiger partial charge in [0.25, 0.3) is 0 Å². The molecule has 3 nitrogen and oxygen atoms in total. The number of aliphatic hydroxyl groups is 1. The van der Waals surface area contributed by atoms with Gasteiger partial charge in [-0.1, -0.05) is 58.0 Å². The summed E-state index contributed by atoms with van der Waals surface area (Å²) < 4.78 is 12.6. The third-order valence-electron chi connectivity index (χ3n) is 11.3. The number of ether oxygens (including phenoxy) is 2. The van der Waals surface area contributed by atoms with E-state index in [1.807, 2.05) is 0 Å². The zero-order chi connectivity index (χ0) is 24.6. The molecule has 0 spiro atoms. The van der Waals surface area contributed by atoms with E-state index in [1.54, 1.807) is 0 Å². The normalized spacial score (nSPS) is 44.2. The van der Waals surface area contributed by atoms with Gasteiger partial charge in [-0.05, 0) is 84.5 Å². The summed E-state index contributed by atoms with van der Waals surface area (Å²) in [5.41, 5.74) is 0.982. The molecule has 1 saturated heterocycles. The lowest BCUT2D eigenvalue weighted by Gasteiger charge is -2.64. The van der Waals surface area contributed by atoms with Crippen LogP contribution in [0, 0.1) is 46.3 Å². The van der Waals surface area contributed by atoms with E-state index in [0.717, 1.165) is 30.6 Å². The van der Waals surface area contributed by atoms with Gasteiger partial charge in [0.1, 0.15) is 12.4 Å². The van der Waals surface area contributed by atoms with E-state index in [-0.39, 0.29) is 4.58 Å². The van der Waals surface area contributed by atoms with E-state index in [9.17, 15) is 5.11 Å². The molecule has 0 aromatic heterocycles. The minimum Gasteiger partial charge on any atom is -0.383 e. The maximum atomic E-state index is 12.2. The Kier molecular flexibility index (Phi) is 6.41. The van der Waals surface area contributed by atoms with Crippen LogP contribution in [0.1, 0.15) is 65.9 Å². The van der Waals surface area contributed by atoms with E-state index in [2.05, 4.69) is 88.5 Å². The SMILES string of the molecule is CC1(C)[C@H]2C[C@@H]3SC([C@](C)(O)c4ccccc4)S[C@H]4C[C@H]5C[C@@H]([C@@H]4COCOC[C@H]3[C@@H]1C2)C5(C)C. The molecule has 0 radical (unpaired) electrons. The van der Waals surface area contributed by atoms with Gasteiger partial charge in [0.05, 0.1) is 17.8 Å².